The molecule has 0 spiro atoms. The number of nitrogens with zero attached hydrogens (tertiary/aromatic N) is 2. The van der Waals surface area contributed by atoms with Crippen LogP contribution in [-0.2, 0) is 14.6 Å². The summed E-state index contributed by atoms with van der Waals surface area (Å²) >= 11 is 0. The van der Waals surface area contributed by atoms with Crippen molar-refractivity contribution in [2.24, 2.45) is 0 Å². The first-order valence-electron chi connectivity index (χ1n) is 8.47. The van der Waals surface area contributed by atoms with E-state index in [1.54, 1.807) is 0 Å². The van der Waals surface area contributed by atoms with E-state index in [9.17, 15) is 13.2 Å². The van der Waals surface area contributed by atoms with E-state index in [2.05, 4.69) is 32.6 Å². The van der Waals surface area contributed by atoms with Crippen LogP contribution in [0.1, 0.15) is 54.4 Å². The number of hydrogen-bond donors (Lipinski definition) is 0. The molecule has 2 aliphatic heterocycles. The number of likely N-dealkylation sites (tertiary alicyclic amines) is 1. The van der Waals surface area contributed by atoms with Gasteiger partial charge >= 0.3 is 0 Å². The Morgan fingerprint density at radius 1 is 0.909 bits per heavy atom. The molecule has 2 heterocycles. The third-order valence-electron chi connectivity index (χ3n) is 3.84. The molecule has 2 rings (SSSR count). The fraction of sp³-hybridized carbons (Fsp3) is 0.938. The van der Waals surface area contributed by atoms with Crippen LogP contribution in [0.15, 0.2) is 0 Å². The fourth-order valence-electron chi connectivity index (χ4n) is 2.46. The van der Waals surface area contributed by atoms with Crippen molar-refractivity contribution in [3.8, 4) is 0 Å². The molecular formula is C16H34N2O3S. The zero-order valence-corrected chi connectivity index (χ0v) is 15.9. The first-order valence-corrected chi connectivity index (χ1v) is 10.3. The maximum absolute atomic E-state index is 11.0. The van der Waals surface area contributed by atoms with Crippen LogP contribution in [0.2, 0.25) is 0 Å². The molecule has 0 aromatic carbocycles. The Morgan fingerprint density at radius 3 is 1.68 bits per heavy atom. The summed E-state index contributed by atoms with van der Waals surface area (Å²) in [7, 11) is -2.69. The lowest BCUT2D eigenvalue weighted by molar-refractivity contribution is -0.129. The molecule has 0 bridgehead atoms. The van der Waals surface area contributed by atoms with Crippen molar-refractivity contribution >= 4 is 15.7 Å². The van der Waals surface area contributed by atoms with Gasteiger partial charge in [0.2, 0.25) is 5.91 Å². The number of amides is 1. The fourth-order valence-corrected chi connectivity index (χ4v) is 3.69. The van der Waals surface area contributed by atoms with Gasteiger partial charge in [0.15, 0.2) is 9.84 Å². The van der Waals surface area contributed by atoms with E-state index in [4.69, 9.17) is 0 Å². The largest absolute Gasteiger partial charge is 0.340 e. The lowest BCUT2D eigenvalue weighted by Crippen LogP contribution is -2.43. The molecule has 5 nitrogen and oxygen atoms in total. The van der Waals surface area contributed by atoms with Crippen LogP contribution in [0, 0.1) is 0 Å². The Hall–Kier alpha value is -0.620. The first-order chi connectivity index (χ1) is 10.2. The van der Waals surface area contributed by atoms with E-state index < -0.39 is 9.84 Å². The number of sulfone groups is 1. The summed E-state index contributed by atoms with van der Waals surface area (Å²) in [5.41, 5.74) is 0. The normalized spacial score (nSPS) is 21.3. The van der Waals surface area contributed by atoms with Gasteiger partial charge < -0.3 is 4.90 Å². The average molecular weight is 335 g/mol. The second-order valence-corrected chi connectivity index (χ2v) is 8.37. The molecule has 0 radical (unpaired) electrons. The monoisotopic (exact) mass is 334 g/mol. The maximum atomic E-state index is 11.0. The molecule has 0 N–H and O–H groups in total. The maximum Gasteiger partial charge on any atom is 0.222 e. The molecule has 0 unspecified atom stereocenters. The van der Waals surface area contributed by atoms with Crippen molar-refractivity contribution in [1.29, 1.82) is 0 Å². The van der Waals surface area contributed by atoms with Crippen LogP contribution in [0.4, 0.5) is 0 Å². The van der Waals surface area contributed by atoms with Crippen molar-refractivity contribution in [2.45, 2.75) is 66.5 Å². The Balaban J connectivity index is 0.000000366. The Kier molecular flexibility index (Phi) is 9.92. The van der Waals surface area contributed by atoms with Crippen molar-refractivity contribution in [3.63, 3.8) is 0 Å². The third kappa shape index (κ3) is 7.58. The van der Waals surface area contributed by atoms with Gasteiger partial charge in [0.25, 0.3) is 0 Å². The summed E-state index contributed by atoms with van der Waals surface area (Å²) in [6.07, 6.45) is 1.81. The van der Waals surface area contributed by atoms with E-state index in [1.165, 1.54) is 0 Å². The molecule has 2 aliphatic rings. The summed E-state index contributed by atoms with van der Waals surface area (Å²) in [5.74, 6) is 1.00. The molecule has 132 valence electrons. The van der Waals surface area contributed by atoms with Crippen LogP contribution < -0.4 is 0 Å². The average Bonchev–Trinajstić information content (AvgIpc) is 2.88. The van der Waals surface area contributed by atoms with Gasteiger partial charge in [-0.2, -0.15) is 0 Å². The summed E-state index contributed by atoms with van der Waals surface area (Å²) in [6, 6.07) is 0.880. The molecule has 0 saturated carbocycles. The van der Waals surface area contributed by atoms with Gasteiger partial charge in [0.1, 0.15) is 0 Å². The minimum atomic E-state index is -2.69. The standard InChI is InChI=1S/C7H15NO2S.C7H13NO.C2H6/c1-7(2)8-3-5-11(9,10)6-4-8;1-6(2)8-5-3-4-7(8)9;1-2/h7H,3-6H2,1-2H3;6H,3-5H2,1-2H3;1-2H3. The third-order valence-corrected chi connectivity index (χ3v) is 5.45. The van der Waals surface area contributed by atoms with Gasteiger partial charge in [-0.15, -0.1) is 0 Å². The Bertz CT molecular complexity index is 405. The molecule has 2 saturated heterocycles. The van der Waals surface area contributed by atoms with Gasteiger partial charge in [-0.3, -0.25) is 9.69 Å². The molecule has 2 fully saturated rings. The lowest BCUT2D eigenvalue weighted by atomic mass is 10.3. The Labute approximate surface area is 137 Å². The molecule has 0 aliphatic carbocycles. The van der Waals surface area contributed by atoms with Crippen molar-refractivity contribution in [1.82, 2.24) is 9.80 Å². The second-order valence-electron chi connectivity index (χ2n) is 6.07. The van der Waals surface area contributed by atoms with E-state index in [1.807, 2.05) is 18.7 Å². The molecule has 0 aromatic rings. The summed E-state index contributed by atoms with van der Waals surface area (Å²) in [6.45, 7) is 14.7. The van der Waals surface area contributed by atoms with E-state index in [0.29, 0.717) is 42.6 Å². The summed E-state index contributed by atoms with van der Waals surface area (Å²) < 4.78 is 22.0. The lowest BCUT2D eigenvalue weighted by Gasteiger charge is -2.29. The van der Waals surface area contributed by atoms with Crippen LogP contribution in [0.25, 0.3) is 0 Å². The molecule has 6 heteroatoms. The predicted octanol–water partition coefficient (Wildman–Crippen LogP) is 2.17. The van der Waals surface area contributed by atoms with Crippen molar-refractivity contribution < 1.29 is 13.2 Å². The minimum absolute atomic E-state index is 0.324. The topological polar surface area (TPSA) is 57.7 Å². The van der Waals surface area contributed by atoms with E-state index in [0.717, 1.165) is 19.4 Å². The summed E-state index contributed by atoms with van der Waals surface area (Å²) in [5, 5.41) is 0. The highest BCUT2D eigenvalue weighted by Gasteiger charge is 2.22. The smallest absolute Gasteiger partial charge is 0.222 e. The molecular weight excluding hydrogens is 300 g/mol. The number of hydrogen-bond acceptors (Lipinski definition) is 4. The number of rotatable bonds is 2. The quantitative estimate of drug-likeness (QED) is 0.776. The predicted molar refractivity (Wildman–Crippen MR) is 92.8 cm³/mol. The molecule has 1 amide bonds. The highest BCUT2D eigenvalue weighted by atomic mass is 32.2. The van der Waals surface area contributed by atoms with Gasteiger partial charge in [-0.1, -0.05) is 13.8 Å². The van der Waals surface area contributed by atoms with Gasteiger partial charge in [-0.05, 0) is 34.1 Å². The first kappa shape index (κ1) is 21.4. The minimum Gasteiger partial charge on any atom is -0.340 e. The van der Waals surface area contributed by atoms with Crippen LogP contribution in [-0.4, -0.2) is 67.3 Å². The zero-order chi connectivity index (χ0) is 17.3. The van der Waals surface area contributed by atoms with Crippen LogP contribution in [0.3, 0.4) is 0 Å². The SMILES string of the molecule is CC.CC(C)N1CCCC1=O.CC(C)N1CCS(=O)(=O)CC1. The Morgan fingerprint density at radius 2 is 1.41 bits per heavy atom. The highest BCUT2D eigenvalue weighted by molar-refractivity contribution is 7.91. The van der Waals surface area contributed by atoms with Crippen molar-refractivity contribution in [3.05, 3.63) is 0 Å². The van der Waals surface area contributed by atoms with Gasteiger partial charge in [0.05, 0.1) is 11.5 Å². The molecule has 0 atom stereocenters. The number of carbonyl (C=O) groups is 1. The molecule has 0 aromatic heterocycles. The van der Waals surface area contributed by atoms with E-state index >= 15 is 0 Å². The van der Waals surface area contributed by atoms with Gasteiger partial charge in [0, 0.05) is 38.1 Å². The van der Waals surface area contributed by atoms with E-state index in [-0.39, 0.29) is 0 Å². The van der Waals surface area contributed by atoms with Gasteiger partial charge in [-0.25, -0.2) is 8.42 Å². The van der Waals surface area contributed by atoms with Crippen LogP contribution in [0.5, 0.6) is 0 Å². The summed E-state index contributed by atoms with van der Waals surface area (Å²) in [4.78, 5) is 15.1. The highest BCUT2D eigenvalue weighted by Crippen LogP contribution is 2.12. The number of carbonyl (C=O) groups excluding carboxylic acids is 1. The second kappa shape index (κ2) is 10.2. The molecule has 22 heavy (non-hydrogen) atoms. The zero-order valence-electron chi connectivity index (χ0n) is 15.1. The van der Waals surface area contributed by atoms with Crippen LogP contribution >= 0.6 is 0 Å². The van der Waals surface area contributed by atoms with Crippen molar-refractivity contribution in [2.75, 3.05) is 31.1 Å².